The summed E-state index contributed by atoms with van der Waals surface area (Å²) in [6.07, 6.45) is 1.73. The second kappa shape index (κ2) is 8.55. The SMILES string of the molecule is Cc1sc(-c2ccccn2)nc1-c1ccc2c(c1)N(CC(=O)c1ccc(F)cc1)C(=O)CO2. The zero-order valence-electron chi connectivity index (χ0n) is 17.6. The van der Waals surface area contributed by atoms with Gasteiger partial charge in [-0.2, -0.15) is 0 Å². The Bertz CT molecular complexity index is 1350. The van der Waals surface area contributed by atoms with Crippen LogP contribution < -0.4 is 9.64 Å². The van der Waals surface area contributed by atoms with Gasteiger partial charge in [0, 0.05) is 22.2 Å². The molecule has 164 valence electrons. The van der Waals surface area contributed by atoms with Gasteiger partial charge in [-0.1, -0.05) is 6.07 Å². The number of carbonyl (C=O) groups excluding carboxylic acids is 2. The lowest BCUT2D eigenvalue weighted by atomic mass is 10.1. The number of aryl methyl sites for hydroxylation is 1. The summed E-state index contributed by atoms with van der Waals surface area (Å²) in [5, 5.41) is 0.802. The molecule has 0 unspecified atom stereocenters. The molecule has 6 nitrogen and oxygen atoms in total. The molecule has 2 aromatic carbocycles. The van der Waals surface area contributed by atoms with Gasteiger partial charge >= 0.3 is 0 Å². The van der Waals surface area contributed by atoms with Gasteiger partial charge in [0.05, 0.1) is 23.6 Å². The Hall–Kier alpha value is -3.91. The summed E-state index contributed by atoms with van der Waals surface area (Å²) in [4.78, 5) is 37.0. The molecule has 2 aromatic heterocycles. The minimum atomic E-state index is -0.423. The number of hydrogen-bond acceptors (Lipinski definition) is 6. The highest BCUT2D eigenvalue weighted by Crippen LogP contribution is 2.39. The molecule has 0 aliphatic carbocycles. The van der Waals surface area contributed by atoms with E-state index < -0.39 is 5.82 Å². The summed E-state index contributed by atoms with van der Waals surface area (Å²) in [7, 11) is 0. The third-order valence-corrected chi connectivity index (χ3v) is 6.32. The van der Waals surface area contributed by atoms with Crippen LogP contribution in [0.4, 0.5) is 10.1 Å². The monoisotopic (exact) mass is 459 g/mol. The van der Waals surface area contributed by atoms with Gasteiger partial charge < -0.3 is 4.74 Å². The maximum atomic E-state index is 13.2. The molecule has 0 bridgehead atoms. The lowest BCUT2D eigenvalue weighted by molar-refractivity contribution is -0.121. The average molecular weight is 460 g/mol. The predicted molar refractivity (Wildman–Crippen MR) is 124 cm³/mol. The first kappa shape index (κ1) is 21.0. The molecule has 1 amide bonds. The highest BCUT2D eigenvalue weighted by atomic mass is 32.1. The van der Waals surface area contributed by atoms with Crippen LogP contribution in [0.15, 0.2) is 66.9 Å². The Morgan fingerprint density at radius 2 is 1.97 bits per heavy atom. The quantitative estimate of drug-likeness (QED) is 0.396. The highest BCUT2D eigenvalue weighted by molar-refractivity contribution is 7.15. The topological polar surface area (TPSA) is 72.4 Å². The van der Waals surface area contributed by atoms with Crippen LogP contribution in [0.2, 0.25) is 0 Å². The second-order valence-electron chi connectivity index (χ2n) is 7.52. The van der Waals surface area contributed by atoms with Crippen molar-refractivity contribution in [2.45, 2.75) is 6.92 Å². The molecule has 3 heterocycles. The Morgan fingerprint density at radius 3 is 2.73 bits per heavy atom. The summed E-state index contributed by atoms with van der Waals surface area (Å²) in [6, 6.07) is 16.4. The average Bonchev–Trinajstić information content (AvgIpc) is 3.23. The number of ketones is 1. The molecule has 0 radical (unpaired) electrons. The number of Topliss-reactive ketones (excluding diaryl/α,β-unsaturated/α-hetero) is 1. The van der Waals surface area contributed by atoms with Crippen molar-refractivity contribution in [2.75, 3.05) is 18.1 Å². The number of thiazole rings is 1. The molecule has 8 heteroatoms. The number of halogens is 1. The summed E-state index contributed by atoms with van der Waals surface area (Å²) >= 11 is 1.54. The number of nitrogens with zero attached hydrogens (tertiary/aromatic N) is 3. The molecule has 33 heavy (non-hydrogen) atoms. The van der Waals surface area contributed by atoms with E-state index in [1.165, 1.54) is 40.5 Å². The van der Waals surface area contributed by atoms with Gasteiger partial charge in [0.1, 0.15) is 16.6 Å². The fourth-order valence-corrected chi connectivity index (χ4v) is 4.57. The lowest BCUT2D eigenvalue weighted by Crippen LogP contribution is -2.42. The Kier molecular flexibility index (Phi) is 5.43. The first-order valence-corrected chi connectivity index (χ1v) is 11.1. The van der Waals surface area contributed by atoms with Gasteiger partial charge in [-0.15, -0.1) is 11.3 Å². The van der Waals surface area contributed by atoms with E-state index in [1.54, 1.807) is 12.3 Å². The van der Waals surface area contributed by atoms with E-state index in [9.17, 15) is 14.0 Å². The van der Waals surface area contributed by atoms with Crippen LogP contribution in [0.5, 0.6) is 5.75 Å². The Balaban J connectivity index is 1.49. The molecular formula is C25H18FN3O3S. The van der Waals surface area contributed by atoms with Crippen LogP contribution >= 0.6 is 11.3 Å². The molecule has 0 spiro atoms. The number of amides is 1. The van der Waals surface area contributed by atoms with Crippen LogP contribution in [0.25, 0.3) is 22.0 Å². The standard InChI is InChI=1S/C25H18FN3O3S/c1-15-24(28-25(33-15)19-4-2-3-11-27-19)17-7-10-22-20(12-17)29(23(31)14-32-22)13-21(30)16-5-8-18(26)9-6-16/h2-12H,13-14H2,1H3. The van der Waals surface area contributed by atoms with Crippen molar-refractivity contribution in [2.24, 2.45) is 0 Å². The van der Waals surface area contributed by atoms with Crippen molar-refractivity contribution < 1.29 is 18.7 Å². The van der Waals surface area contributed by atoms with E-state index in [0.29, 0.717) is 17.0 Å². The van der Waals surface area contributed by atoms with Gasteiger partial charge in [0.2, 0.25) is 0 Å². The third kappa shape index (κ3) is 4.12. The number of anilines is 1. The number of benzene rings is 2. The largest absolute Gasteiger partial charge is 0.482 e. The number of rotatable bonds is 5. The minimum absolute atomic E-state index is 0.150. The van der Waals surface area contributed by atoms with Crippen molar-refractivity contribution >= 4 is 28.7 Å². The van der Waals surface area contributed by atoms with Crippen LogP contribution in [0.1, 0.15) is 15.2 Å². The third-order valence-electron chi connectivity index (χ3n) is 5.32. The van der Waals surface area contributed by atoms with Gasteiger partial charge in [-0.05, 0) is 61.5 Å². The molecule has 1 aliphatic heterocycles. The van der Waals surface area contributed by atoms with E-state index >= 15 is 0 Å². The Morgan fingerprint density at radius 1 is 1.15 bits per heavy atom. The number of ether oxygens (including phenoxy) is 1. The molecule has 0 saturated carbocycles. The van der Waals surface area contributed by atoms with Crippen molar-refractivity contribution in [3.63, 3.8) is 0 Å². The predicted octanol–water partition coefficient (Wildman–Crippen LogP) is 4.93. The van der Waals surface area contributed by atoms with Gasteiger partial charge in [0.15, 0.2) is 12.4 Å². The fourth-order valence-electron chi connectivity index (χ4n) is 3.66. The number of fused-ring (bicyclic) bond motifs is 1. The maximum absolute atomic E-state index is 13.2. The van der Waals surface area contributed by atoms with Crippen molar-refractivity contribution in [3.8, 4) is 27.7 Å². The van der Waals surface area contributed by atoms with Crippen molar-refractivity contribution in [3.05, 3.63) is 83.1 Å². The van der Waals surface area contributed by atoms with Crippen molar-refractivity contribution in [1.82, 2.24) is 9.97 Å². The molecule has 4 aromatic rings. The number of carbonyl (C=O) groups is 2. The first-order chi connectivity index (χ1) is 16.0. The maximum Gasteiger partial charge on any atom is 0.265 e. The lowest BCUT2D eigenvalue weighted by Gasteiger charge is -2.29. The van der Waals surface area contributed by atoms with Gasteiger partial charge in [-0.3, -0.25) is 19.5 Å². The van der Waals surface area contributed by atoms with Gasteiger partial charge in [0.25, 0.3) is 5.91 Å². The van der Waals surface area contributed by atoms with E-state index in [0.717, 1.165) is 26.8 Å². The van der Waals surface area contributed by atoms with Crippen molar-refractivity contribution in [1.29, 1.82) is 0 Å². The number of aromatic nitrogens is 2. The molecule has 0 atom stereocenters. The fraction of sp³-hybridized carbons (Fsp3) is 0.120. The highest BCUT2D eigenvalue weighted by Gasteiger charge is 2.28. The number of pyridine rings is 1. The second-order valence-corrected chi connectivity index (χ2v) is 8.72. The molecule has 0 N–H and O–H groups in total. The zero-order chi connectivity index (χ0) is 22.9. The summed E-state index contributed by atoms with van der Waals surface area (Å²) in [5.41, 5.74) is 3.23. The van der Waals surface area contributed by atoms with Crippen LogP contribution in [-0.2, 0) is 4.79 Å². The molecule has 1 aliphatic rings. The summed E-state index contributed by atoms with van der Waals surface area (Å²) in [5.74, 6) is -0.515. The van der Waals surface area contributed by atoms with Crippen LogP contribution in [-0.4, -0.2) is 34.8 Å². The first-order valence-electron chi connectivity index (χ1n) is 10.2. The van der Waals surface area contributed by atoms with Crippen LogP contribution in [0.3, 0.4) is 0 Å². The molecule has 5 rings (SSSR count). The van der Waals surface area contributed by atoms with Gasteiger partial charge in [-0.25, -0.2) is 9.37 Å². The normalized spacial score (nSPS) is 12.9. The van der Waals surface area contributed by atoms with E-state index in [4.69, 9.17) is 9.72 Å². The van der Waals surface area contributed by atoms with Crippen LogP contribution in [0, 0.1) is 12.7 Å². The number of hydrogen-bond donors (Lipinski definition) is 0. The molecular weight excluding hydrogens is 441 g/mol. The molecule has 0 fully saturated rings. The molecule has 0 saturated heterocycles. The minimum Gasteiger partial charge on any atom is -0.482 e. The van der Waals surface area contributed by atoms with E-state index in [2.05, 4.69) is 4.98 Å². The summed E-state index contributed by atoms with van der Waals surface area (Å²) < 4.78 is 18.8. The smallest absolute Gasteiger partial charge is 0.265 e. The van der Waals surface area contributed by atoms with E-state index in [1.807, 2.05) is 37.3 Å². The Labute approximate surface area is 193 Å². The summed E-state index contributed by atoms with van der Waals surface area (Å²) in [6.45, 7) is 1.67. The zero-order valence-corrected chi connectivity index (χ0v) is 18.4. The van der Waals surface area contributed by atoms with E-state index in [-0.39, 0.29) is 24.8 Å².